The van der Waals surface area contributed by atoms with Crippen LogP contribution in [0.4, 0.5) is 10.5 Å². The Morgan fingerprint density at radius 1 is 1.50 bits per heavy atom. The van der Waals surface area contributed by atoms with Crippen molar-refractivity contribution < 1.29 is 9.90 Å². The fourth-order valence-electron chi connectivity index (χ4n) is 2.60. The first-order valence-corrected chi connectivity index (χ1v) is 7.02. The predicted octanol–water partition coefficient (Wildman–Crippen LogP) is 1.74. The van der Waals surface area contributed by atoms with Gasteiger partial charge in [-0.3, -0.25) is 0 Å². The number of nitrogens with zero attached hydrogens (tertiary/aromatic N) is 2. The van der Waals surface area contributed by atoms with Crippen LogP contribution in [0.2, 0.25) is 0 Å². The average molecular weight is 277 g/mol. The van der Waals surface area contributed by atoms with Gasteiger partial charge in [0.05, 0.1) is 12.6 Å². The number of amides is 2. The highest BCUT2D eigenvalue weighted by Crippen LogP contribution is 2.19. The van der Waals surface area contributed by atoms with Crippen molar-refractivity contribution in [1.29, 1.82) is 0 Å². The van der Waals surface area contributed by atoms with Crippen molar-refractivity contribution >= 4 is 11.7 Å². The Labute approximate surface area is 120 Å². The molecule has 0 spiro atoms. The third kappa shape index (κ3) is 3.71. The van der Waals surface area contributed by atoms with Crippen molar-refractivity contribution in [2.75, 3.05) is 32.6 Å². The van der Waals surface area contributed by atoms with Gasteiger partial charge in [-0.15, -0.1) is 0 Å². The molecule has 1 aliphatic rings. The van der Waals surface area contributed by atoms with Crippen LogP contribution >= 0.6 is 0 Å². The summed E-state index contributed by atoms with van der Waals surface area (Å²) in [4.78, 5) is 16.0. The molecule has 2 N–H and O–H groups in total. The Balaban J connectivity index is 2.00. The van der Waals surface area contributed by atoms with Crippen molar-refractivity contribution in [3.63, 3.8) is 0 Å². The molecule has 0 saturated carbocycles. The minimum Gasteiger partial charge on any atom is -0.394 e. The molecule has 1 heterocycles. The van der Waals surface area contributed by atoms with E-state index in [1.807, 2.05) is 38.4 Å². The molecule has 0 aromatic heterocycles. The van der Waals surface area contributed by atoms with E-state index in [4.69, 9.17) is 0 Å². The Morgan fingerprint density at radius 3 is 3.00 bits per heavy atom. The summed E-state index contributed by atoms with van der Waals surface area (Å²) in [5.41, 5.74) is 1.96. The lowest BCUT2D eigenvalue weighted by atomic mass is 10.2. The molecule has 20 heavy (non-hydrogen) atoms. The molecule has 5 nitrogen and oxygen atoms in total. The van der Waals surface area contributed by atoms with E-state index in [0.717, 1.165) is 30.6 Å². The van der Waals surface area contributed by atoms with E-state index in [1.54, 1.807) is 4.90 Å². The maximum absolute atomic E-state index is 12.2. The first-order chi connectivity index (χ1) is 9.60. The minimum atomic E-state index is -0.122. The number of benzene rings is 1. The lowest BCUT2D eigenvalue weighted by molar-refractivity contribution is 0.166. The van der Waals surface area contributed by atoms with E-state index < -0.39 is 0 Å². The number of anilines is 1. The molecule has 0 unspecified atom stereocenters. The van der Waals surface area contributed by atoms with Gasteiger partial charge in [0.25, 0.3) is 0 Å². The van der Waals surface area contributed by atoms with Gasteiger partial charge in [0.15, 0.2) is 0 Å². The number of aliphatic hydroxyl groups is 1. The van der Waals surface area contributed by atoms with Gasteiger partial charge < -0.3 is 20.2 Å². The van der Waals surface area contributed by atoms with Crippen molar-refractivity contribution in [2.45, 2.75) is 25.4 Å². The molecule has 1 aliphatic heterocycles. The van der Waals surface area contributed by atoms with E-state index in [1.165, 1.54) is 0 Å². The van der Waals surface area contributed by atoms with Gasteiger partial charge in [-0.1, -0.05) is 12.1 Å². The zero-order valence-electron chi connectivity index (χ0n) is 12.2. The number of hydrogen-bond donors (Lipinski definition) is 2. The minimum absolute atomic E-state index is 0.0358. The van der Waals surface area contributed by atoms with Gasteiger partial charge in [0.1, 0.15) is 0 Å². The molecule has 1 saturated heterocycles. The standard InChI is InChI=1S/C15H23N3O2/c1-17(2)10-12-5-3-6-13(9-12)16-15(20)18-8-4-7-14(18)11-19/h3,5-6,9,14,19H,4,7-8,10-11H2,1-2H3,(H,16,20)/t14-/m1/s1. The van der Waals surface area contributed by atoms with Crippen LogP contribution in [0, 0.1) is 0 Å². The van der Waals surface area contributed by atoms with Crippen molar-refractivity contribution in [3.8, 4) is 0 Å². The maximum Gasteiger partial charge on any atom is 0.322 e. The molecule has 0 radical (unpaired) electrons. The molecule has 1 atom stereocenters. The summed E-state index contributed by atoms with van der Waals surface area (Å²) >= 11 is 0. The quantitative estimate of drug-likeness (QED) is 0.881. The first kappa shape index (κ1) is 14.8. The highest BCUT2D eigenvalue weighted by atomic mass is 16.3. The van der Waals surface area contributed by atoms with Crippen LogP contribution in [0.5, 0.6) is 0 Å². The smallest absolute Gasteiger partial charge is 0.322 e. The fourth-order valence-corrected chi connectivity index (χ4v) is 2.60. The van der Waals surface area contributed by atoms with Crippen LogP contribution in [0.3, 0.4) is 0 Å². The second-order valence-corrected chi connectivity index (χ2v) is 5.54. The zero-order chi connectivity index (χ0) is 14.5. The molecule has 2 amide bonds. The normalized spacial score (nSPS) is 18.6. The summed E-state index contributed by atoms with van der Waals surface area (Å²) in [5.74, 6) is 0. The lowest BCUT2D eigenvalue weighted by Gasteiger charge is -2.23. The van der Waals surface area contributed by atoms with Gasteiger partial charge in [-0.05, 0) is 44.6 Å². The Kier molecular flexibility index (Phi) is 4.98. The highest BCUT2D eigenvalue weighted by molar-refractivity contribution is 5.89. The zero-order valence-corrected chi connectivity index (χ0v) is 12.2. The van der Waals surface area contributed by atoms with Gasteiger partial charge in [0, 0.05) is 18.8 Å². The number of urea groups is 1. The molecule has 110 valence electrons. The summed E-state index contributed by atoms with van der Waals surface area (Å²) in [6.45, 7) is 1.59. The molecule has 1 aromatic carbocycles. The molecular formula is C15H23N3O2. The Bertz CT molecular complexity index is 462. The van der Waals surface area contributed by atoms with Gasteiger partial charge in [-0.2, -0.15) is 0 Å². The molecule has 5 heteroatoms. The highest BCUT2D eigenvalue weighted by Gasteiger charge is 2.27. The third-order valence-electron chi connectivity index (χ3n) is 3.53. The fraction of sp³-hybridized carbons (Fsp3) is 0.533. The van der Waals surface area contributed by atoms with Crippen LogP contribution in [0.1, 0.15) is 18.4 Å². The van der Waals surface area contributed by atoms with E-state index in [9.17, 15) is 9.90 Å². The summed E-state index contributed by atoms with van der Waals surface area (Å²) in [7, 11) is 4.03. The van der Waals surface area contributed by atoms with E-state index in [2.05, 4.69) is 10.2 Å². The van der Waals surface area contributed by atoms with Crippen molar-refractivity contribution in [3.05, 3.63) is 29.8 Å². The molecule has 2 rings (SSSR count). The second kappa shape index (κ2) is 6.72. The van der Waals surface area contributed by atoms with Gasteiger partial charge in [0.2, 0.25) is 0 Å². The lowest BCUT2D eigenvalue weighted by Crippen LogP contribution is -2.40. The SMILES string of the molecule is CN(C)Cc1cccc(NC(=O)N2CCC[C@@H]2CO)c1. The number of carbonyl (C=O) groups excluding carboxylic acids is 1. The van der Waals surface area contributed by atoms with Crippen molar-refractivity contribution in [1.82, 2.24) is 9.80 Å². The van der Waals surface area contributed by atoms with Crippen LogP contribution in [-0.2, 0) is 6.54 Å². The van der Waals surface area contributed by atoms with Crippen molar-refractivity contribution in [2.24, 2.45) is 0 Å². The summed E-state index contributed by atoms with van der Waals surface area (Å²) in [6, 6.07) is 7.70. The van der Waals surface area contributed by atoms with Crippen LogP contribution in [-0.4, -0.2) is 54.2 Å². The van der Waals surface area contributed by atoms with E-state index in [0.29, 0.717) is 6.54 Å². The predicted molar refractivity (Wildman–Crippen MR) is 79.7 cm³/mol. The number of rotatable bonds is 4. The topological polar surface area (TPSA) is 55.8 Å². The molecule has 0 bridgehead atoms. The van der Waals surface area contributed by atoms with Crippen LogP contribution in [0.15, 0.2) is 24.3 Å². The number of carbonyl (C=O) groups is 1. The number of likely N-dealkylation sites (tertiary alicyclic amines) is 1. The molecule has 1 aromatic rings. The Morgan fingerprint density at radius 2 is 2.30 bits per heavy atom. The van der Waals surface area contributed by atoms with Gasteiger partial charge in [-0.25, -0.2) is 4.79 Å². The Hall–Kier alpha value is -1.59. The molecule has 1 fully saturated rings. The second-order valence-electron chi connectivity index (χ2n) is 5.54. The largest absolute Gasteiger partial charge is 0.394 e. The summed E-state index contributed by atoms with van der Waals surface area (Å²) < 4.78 is 0. The maximum atomic E-state index is 12.2. The van der Waals surface area contributed by atoms with E-state index in [-0.39, 0.29) is 18.7 Å². The summed E-state index contributed by atoms with van der Waals surface area (Å²) in [5, 5.41) is 12.2. The number of aliphatic hydroxyl groups excluding tert-OH is 1. The first-order valence-electron chi connectivity index (χ1n) is 7.02. The van der Waals surface area contributed by atoms with Crippen LogP contribution in [0.25, 0.3) is 0 Å². The monoisotopic (exact) mass is 277 g/mol. The average Bonchev–Trinajstić information content (AvgIpc) is 2.86. The van der Waals surface area contributed by atoms with Gasteiger partial charge >= 0.3 is 6.03 Å². The molecule has 0 aliphatic carbocycles. The summed E-state index contributed by atoms with van der Waals surface area (Å²) in [6.07, 6.45) is 1.84. The molecular weight excluding hydrogens is 254 g/mol. The number of hydrogen-bond acceptors (Lipinski definition) is 3. The van der Waals surface area contributed by atoms with E-state index >= 15 is 0 Å². The van der Waals surface area contributed by atoms with Crippen LogP contribution < -0.4 is 5.32 Å². The number of nitrogens with one attached hydrogen (secondary N) is 1. The third-order valence-corrected chi connectivity index (χ3v) is 3.53.